The Bertz CT molecular complexity index is 566. The van der Waals surface area contributed by atoms with Crippen LogP contribution in [0.5, 0.6) is 0 Å². The molecule has 4 heteroatoms. The average Bonchev–Trinajstić information content (AvgIpc) is 2.44. The van der Waals surface area contributed by atoms with Crippen molar-refractivity contribution in [3.63, 3.8) is 0 Å². The Morgan fingerprint density at radius 3 is 2.20 bits per heavy atom. The number of halogens is 2. The van der Waals surface area contributed by atoms with Gasteiger partial charge in [0, 0.05) is 11.0 Å². The summed E-state index contributed by atoms with van der Waals surface area (Å²) in [6, 6.07) is 13.7. The number of carbonyl (C=O) groups is 1. The molecule has 0 spiro atoms. The molecule has 0 aliphatic rings. The summed E-state index contributed by atoms with van der Waals surface area (Å²) in [6.45, 7) is 0. The van der Waals surface area contributed by atoms with Crippen LogP contribution in [-0.4, -0.2) is 11.2 Å². The van der Waals surface area contributed by atoms with Gasteiger partial charge < -0.3 is 5.32 Å². The molecule has 0 radical (unpaired) electrons. The van der Waals surface area contributed by atoms with Gasteiger partial charge in [-0.3, -0.25) is 4.79 Å². The van der Waals surface area contributed by atoms with E-state index in [1.807, 2.05) is 24.3 Å². The van der Waals surface area contributed by atoms with E-state index in [-0.39, 0.29) is 18.1 Å². The van der Waals surface area contributed by atoms with Gasteiger partial charge in [0.2, 0.25) is 5.91 Å². The molecule has 1 amide bonds. The lowest BCUT2D eigenvalue weighted by Gasteiger charge is -2.06. The highest BCUT2D eigenvalue weighted by Gasteiger charge is 2.04. The fourth-order valence-electron chi connectivity index (χ4n) is 1.86. The lowest BCUT2D eigenvalue weighted by molar-refractivity contribution is -0.115. The molecule has 0 fully saturated rings. The molecule has 0 aliphatic heterocycles. The first kappa shape index (κ1) is 14.7. The minimum Gasteiger partial charge on any atom is -0.326 e. The molecule has 104 valence electrons. The third-order valence-electron chi connectivity index (χ3n) is 2.90. The van der Waals surface area contributed by atoms with Gasteiger partial charge in [-0.25, -0.2) is 4.39 Å². The SMILES string of the molecule is O=C(Cc1ccc(F)cc1)Nc1ccc(CCBr)cc1. The average molecular weight is 336 g/mol. The topological polar surface area (TPSA) is 29.1 Å². The number of rotatable bonds is 5. The van der Waals surface area contributed by atoms with E-state index in [0.717, 1.165) is 23.0 Å². The van der Waals surface area contributed by atoms with Crippen LogP contribution >= 0.6 is 15.9 Å². The van der Waals surface area contributed by atoms with Crippen LogP contribution in [-0.2, 0) is 17.6 Å². The highest BCUT2D eigenvalue weighted by molar-refractivity contribution is 9.09. The molecule has 0 bridgehead atoms. The zero-order valence-corrected chi connectivity index (χ0v) is 12.5. The van der Waals surface area contributed by atoms with Crippen LogP contribution < -0.4 is 5.32 Å². The molecule has 0 atom stereocenters. The van der Waals surface area contributed by atoms with Gasteiger partial charge in [-0.05, 0) is 41.8 Å². The summed E-state index contributed by atoms with van der Waals surface area (Å²) in [5, 5.41) is 3.75. The predicted octanol–water partition coefficient (Wildman–Crippen LogP) is 3.94. The Labute approximate surface area is 126 Å². The molecule has 0 aliphatic carbocycles. The normalized spacial score (nSPS) is 10.3. The summed E-state index contributed by atoms with van der Waals surface area (Å²) < 4.78 is 12.8. The Morgan fingerprint density at radius 2 is 1.60 bits per heavy atom. The van der Waals surface area contributed by atoms with Crippen molar-refractivity contribution in [3.05, 3.63) is 65.5 Å². The van der Waals surface area contributed by atoms with E-state index in [1.54, 1.807) is 12.1 Å². The van der Waals surface area contributed by atoms with Crippen LogP contribution in [0.25, 0.3) is 0 Å². The number of alkyl halides is 1. The summed E-state index contributed by atoms with van der Waals surface area (Å²) in [6.07, 6.45) is 1.20. The zero-order valence-electron chi connectivity index (χ0n) is 10.9. The van der Waals surface area contributed by atoms with Crippen molar-refractivity contribution in [1.29, 1.82) is 0 Å². The second kappa shape index (κ2) is 7.20. The smallest absolute Gasteiger partial charge is 0.228 e. The molecular formula is C16H15BrFNO. The van der Waals surface area contributed by atoms with E-state index >= 15 is 0 Å². The third-order valence-corrected chi connectivity index (χ3v) is 3.30. The van der Waals surface area contributed by atoms with Crippen molar-refractivity contribution in [2.75, 3.05) is 10.6 Å². The van der Waals surface area contributed by atoms with Gasteiger partial charge in [0.1, 0.15) is 5.82 Å². The Morgan fingerprint density at radius 1 is 1.00 bits per heavy atom. The van der Waals surface area contributed by atoms with Gasteiger partial charge in [0.05, 0.1) is 6.42 Å². The summed E-state index contributed by atoms with van der Waals surface area (Å²) in [7, 11) is 0. The van der Waals surface area contributed by atoms with Crippen molar-refractivity contribution < 1.29 is 9.18 Å². The maximum Gasteiger partial charge on any atom is 0.228 e. The molecule has 2 nitrogen and oxygen atoms in total. The summed E-state index contributed by atoms with van der Waals surface area (Å²) in [5.74, 6) is -0.401. The van der Waals surface area contributed by atoms with Crippen LogP contribution in [0.15, 0.2) is 48.5 Å². The number of hydrogen-bond donors (Lipinski definition) is 1. The van der Waals surface area contributed by atoms with Crippen molar-refractivity contribution in [2.24, 2.45) is 0 Å². The number of amides is 1. The highest BCUT2D eigenvalue weighted by Crippen LogP contribution is 2.12. The molecule has 2 aromatic carbocycles. The second-order valence-corrected chi connectivity index (χ2v) is 5.28. The molecule has 20 heavy (non-hydrogen) atoms. The van der Waals surface area contributed by atoms with Crippen molar-refractivity contribution in [1.82, 2.24) is 0 Å². The lowest BCUT2D eigenvalue weighted by atomic mass is 10.1. The number of aryl methyl sites for hydroxylation is 1. The van der Waals surface area contributed by atoms with Gasteiger partial charge in [-0.15, -0.1) is 0 Å². The Kier molecular flexibility index (Phi) is 5.30. The minimum absolute atomic E-state index is 0.107. The van der Waals surface area contributed by atoms with Crippen molar-refractivity contribution in [2.45, 2.75) is 12.8 Å². The highest BCUT2D eigenvalue weighted by atomic mass is 79.9. The Hall–Kier alpha value is -1.68. The first-order chi connectivity index (χ1) is 9.67. The van der Waals surface area contributed by atoms with E-state index in [9.17, 15) is 9.18 Å². The largest absolute Gasteiger partial charge is 0.326 e. The lowest BCUT2D eigenvalue weighted by Crippen LogP contribution is -2.14. The van der Waals surface area contributed by atoms with E-state index in [0.29, 0.717) is 0 Å². The molecule has 0 unspecified atom stereocenters. The molecule has 1 N–H and O–H groups in total. The number of benzene rings is 2. The zero-order chi connectivity index (χ0) is 14.4. The third kappa shape index (κ3) is 4.46. The van der Waals surface area contributed by atoms with Crippen LogP contribution in [0.3, 0.4) is 0 Å². The van der Waals surface area contributed by atoms with Crippen LogP contribution in [0.2, 0.25) is 0 Å². The Balaban J connectivity index is 1.92. The van der Waals surface area contributed by atoms with Gasteiger partial charge in [0.25, 0.3) is 0 Å². The second-order valence-electron chi connectivity index (χ2n) is 4.49. The quantitative estimate of drug-likeness (QED) is 0.823. The number of hydrogen-bond acceptors (Lipinski definition) is 1. The van der Waals surface area contributed by atoms with Crippen molar-refractivity contribution in [3.8, 4) is 0 Å². The molecular weight excluding hydrogens is 321 g/mol. The van der Waals surface area contributed by atoms with Gasteiger partial charge in [-0.1, -0.05) is 40.2 Å². The standard InChI is InChI=1S/C16H15BrFNO/c17-10-9-12-3-7-15(8-4-12)19-16(20)11-13-1-5-14(18)6-2-13/h1-8H,9-11H2,(H,19,20). The maximum absolute atomic E-state index is 12.8. The van der Waals surface area contributed by atoms with E-state index in [2.05, 4.69) is 21.2 Å². The number of nitrogens with one attached hydrogen (secondary N) is 1. The minimum atomic E-state index is -0.295. The summed E-state index contributed by atoms with van der Waals surface area (Å²) >= 11 is 3.39. The molecule has 0 saturated carbocycles. The summed E-state index contributed by atoms with van der Waals surface area (Å²) in [4.78, 5) is 11.9. The van der Waals surface area contributed by atoms with E-state index in [4.69, 9.17) is 0 Å². The molecule has 0 heterocycles. The number of carbonyl (C=O) groups excluding carboxylic acids is 1. The molecule has 2 rings (SSSR count). The molecule has 0 aromatic heterocycles. The van der Waals surface area contributed by atoms with Crippen LogP contribution in [0.1, 0.15) is 11.1 Å². The number of anilines is 1. The molecule has 0 saturated heterocycles. The van der Waals surface area contributed by atoms with Crippen molar-refractivity contribution >= 4 is 27.5 Å². The first-order valence-electron chi connectivity index (χ1n) is 6.36. The first-order valence-corrected chi connectivity index (χ1v) is 7.49. The maximum atomic E-state index is 12.8. The molecule has 2 aromatic rings. The fourth-order valence-corrected chi connectivity index (χ4v) is 2.31. The van der Waals surface area contributed by atoms with E-state index < -0.39 is 0 Å². The van der Waals surface area contributed by atoms with Gasteiger partial charge in [0.15, 0.2) is 0 Å². The van der Waals surface area contributed by atoms with Gasteiger partial charge >= 0.3 is 0 Å². The van der Waals surface area contributed by atoms with Crippen LogP contribution in [0.4, 0.5) is 10.1 Å². The summed E-state index contributed by atoms with van der Waals surface area (Å²) in [5.41, 5.74) is 2.79. The predicted molar refractivity (Wildman–Crippen MR) is 82.7 cm³/mol. The monoisotopic (exact) mass is 335 g/mol. The van der Waals surface area contributed by atoms with Gasteiger partial charge in [-0.2, -0.15) is 0 Å². The fraction of sp³-hybridized carbons (Fsp3) is 0.188. The van der Waals surface area contributed by atoms with E-state index in [1.165, 1.54) is 17.7 Å². The van der Waals surface area contributed by atoms with Crippen LogP contribution in [0, 0.1) is 5.82 Å².